The fraction of sp³-hybridized carbons (Fsp3) is 0.903. The average Bonchev–Trinajstić information content (AvgIpc) is 3.44. The second-order valence-corrected chi connectivity index (χ2v) is 24.1. The summed E-state index contributed by atoms with van der Waals surface area (Å²) in [5.41, 5.74) is 0. The first-order chi connectivity index (χ1) is 38.5. The lowest BCUT2D eigenvalue weighted by Gasteiger charge is -2.18. The topological polar surface area (TPSA) is 78.9 Å². The van der Waals surface area contributed by atoms with Crippen molar-refractivity contribution in [3.63, 3.8) is 0 Å². The number of ether oxygens (including phenoxy) is 3. The molecule has 0 aromatic carbocycles. The smallest absolute Gasteiger partial charge is 0.306 e. The van der Waals surface area contributed by atoms with E-state index in [1.54, 1.807) is 0 Å². The lowest BCUT2D eigenvalue weighted by atomic mass is 10.0. The molecule has 0 bridgehead atoms. The van der Waals surface area contributed by atoms with Crippen molar-refractivity contribution in [1.29, 1.82) is 0 Å². The van der Waals surface area contributed by atoms with Gasteiger partial charge in [0.25, 0.3) is 0 Å². The van der Waals surface area contributed by atoms with Crippen LogP contribution in [0.1, 0.15) is 400 Å². The van der Waals surface area contributed by atoms with Crippen molar-refractivity contribution >= 4 is 17.9 Å². The second kappa shape index (κ2) is 67.4. The zero-order chi connectivity index (χ0) is 56.4. The van der Waals surface area contributed by atoms with E-state index in [0.717, 1.165) is 57.8 Å². The molecular formula is C72H136O6. The van der Waals surface area contributed by atoms with E-state index in [2.05, 4.69) is 45.1 Å². The van der Waals surface area contributed by atoms with Crippen LogP contribution in [0.2, 0.25) is 0 Å². The van der Waals surface area contributed by atoms with Crippen molar-refractivity contribution in [2.75, 3.05) is 13.2 Å². The van der Waals surface area contributed by atoms with Crippen LogP contribution >= 0.6 is 0 Å². The Bertz CT molecular complexity index is 1260. The Morgan fingerprint density at radius 3 is 0.641 bits per heavy atom. The van der Waals surface area contributed by atoms with Gasteiger partial charge in [-0.3, -0.25) is 14.4 Å². The standard InChI is InChI=1S/C72H136O6/c1-4-7-10-13-16-19-22-25-28-31-34-35-36-39-41-44-47-50-53-56-59-62-65-71(74)77-68-69(78-72(75)66-63-60-57-54-51-48-45-42-38-33-30-27-24-21-18-15-12-9-6-3)67-76-70(73)64-61-58-55-52-49-46-43-40-37-32-29-26-23-20-17-14-11-8-5-2/h26-27,29-30,69H,4-25,28,31-68H2,1-3H3/b29-26-,30-27-. The molecule has 0 fully saturated rings. The quantitative estimate of drug-likeness (QED) is 0.0261. The Morgan fingerprint density at radius 2 is 0.423 bits per heavy atom. The van der Waals surface area contributed by atoms with Crippen LogP contribution in [0.15, 0.2) is 24.3 Å². The maximum absolute atomic E-state index is 13.0. The van der Waals surface area contributed by atoms with Crippen molar-refractivity contribution < 1.29 is 28.6 Å². The number of hydrogen-bond acceptors (Lipinski definition) is 6. The van der Waals surface area contributed by atoms with Crippen LogP contribution < -0.4 is 0 Å². The Balaban J connectivity index is 4.30. The minimum absolute atomic E-state index is 0.0669. The molecule has 0 amide bonds. The molecule has 0 saturated carbocycles. The van der Waals surface area contributed by atoms with Crippen molar-refractivity contribution in [2.45, 2.75) is 406 Å². The third-order valence-corrected chi connectivity index (χ3v) is 16.2. The summed E-state index contributed by atoms with van der Waals surface area (Å²) in [4.78, 5) is 38.5. The fourth-order valence-electron chi connectivity index (χ4n) is 10.8. The Labute approximate surface area is 487 Å². The maximum Gasteiger partial charge on any atom is 0.306 e. The van der Waals surface area contributed by atoms with Crippen LogP contribution in [0.3, 0.4) is 0 Å². The van der Waals surface area contributed by atoms with E-state index in [9.17, 15) is 14.4 Å². The van der Waals surface area contributed by atoms with Gasteiger partial charge in [0.05, 0.1) is 0 Å². The maximum atomic E-state index is 13.0. The van der Waals surface area contributed by atoms with Gasteiger partial charge in [0.15, 0.2) is 6.10 Å². The second-order valence-electron chi connectivity index (χ2n) is 24.1. The van der Waals surface area contributed by atoms with Gasteiger partial charge in [-0.1, -0.05) is 334 Å². The van der Waals surface area contributed by atoms with Crippen LogP contribution in [-0.2, 0) is 28.6 Å². The molecule has 0 aromatic heterocycles. The highest BCUT2D eigenvalue weighted by Gasteiger charge is 2.19. The van der Waals surface area contributed by atoms with Gasteiger partial charge in [-0.15, -0.1) is 0 Å². The van der Waals surface area contributed by atoms with E-state index < -0.39 is 6.10 Å². The highest BCUT2D eigenvalue weighted by molar-refractivity contribution is 5.71. The van der Waals surface area contributed by atoms with E-state index in [1.165, 1.54) is 302 Å². The summed E-state index contributed by atoms with van der Waals surface area (Å²) in [5.74, 6) is -0.838. The average molecular weight is 1100 g/mol. The molecule has 78 heavy (non-hydrogen) atoms. The highest BCUT2D eigenvalue weighted by Crippen LogP contribution is 2.18. The molecule has 0 radical (unpaired) electrons. The summed E-state index contributed by atoms with van der Waals surface area (Å²) in [6.07, 6.45) is 82.0. The van der Waals surface area contributed by atoms with Crippen molar-refractivity contribution in [3.8, 4) is 0 Å². The summed E-state index contributed by atoms with van der Waals surface area (Å²) in [6, 6.07) is 0. The minimum Gasteiger partial charge on any atom is -0.462 e. The van der Waals surface area contributed by atoms with Gasteiger partial charge < -0.3 is 14.2 Å². The molecule has 0 N–H and O–H groups in total. The molecule has 0 aliphatic rings. The number of allylic oxidation sites excluding steroid dienone is 4. The van der Waals surface area contributed by atoms with Gasteiger partial charge in [-0.25, -0.2) is 0 Å². The lowest BCUT2D eigenvalue weighted by molar-refractivity contribution is -0.167. The molecule has 0 rings (SSSR count). The van der Waals surface area contributed by atoms with E-state index in [-0.39, 0.29) is 31.1 Å². The minimum atomic E-state index is -0.771. The Morgan fingerprint density at radius 1 is 0.244 bits per heavy atom. The molecule has 0 spiro atoms. The molecule has 0 saturated heterocycles. The zero-order valence-corrected chi connectivity index (χ0v) is 53.0. The number of carbonyl (C=O) groups excluding carboxylic acids is 3. The first-order valence-electron chi connectivity index (χ1n) is 35.3. The molecule has 0 aliphatic heterocycles. The van der Waals surface area contributed by atoms with E-state index >= 15 is 0 Å². The van der Waals surface area contributed by atoms with Crippen molar-refractivity contribution in [2.24, 2.45) is 0 Å². The summed E-state index contributed by atoms with van der Waals surface area (Å²) in [6.45, 7) is 6.72. The predicted octanol–water partition coefficient (Wildman–Crippen LogP) is 24.2. The van der Waals surface area contributed by atoms with Crippen LogP contribution in [0.4, 0.5) is 0 Å². The predicted molar refractivity (Wildman–Crippen MR) is 340 cm³/mol. The van der Waals surface area contributed by atoms with Gasteiger partial charge in [0.2, 0.25) is 0 Å². The Hall–Kier alpha value is -2.11. The number of carbonyl (C=O) groups is 3. The Kier molecular flexibility index (Phi) is 65.6. The first-order valence-corrected chi connectivity index (χ1v) is 35.3. The van der Waals surface area contributed by atoms with Crippen molar-refractivity contribution in [3.05, 3.63) is 24.3 Å². The van der Waals surface area contributed by atoms with Crippen molar-refractivity contribution in [1.82, 2.24) is 0 Å². The van der Waals surface area contributed by atoms with Gasteiger partial charge in [-0.05, 0) is 70.6 Å². The first kappa shape index (κ1) is 75.9. The van der Waals surface area contributed by atoms with Crippen LogP contribution in [-0.4, -0.2) is 37.2 Å². The summed E-state index contributed by atoms with van der Waals surface area (Å²) < 4.78 is 17.0. The van der Waals surface area contributed by atoms with Crippen LogP contribution in [0.25, 0.3) is 0 Å². The molecular weight excluding hydrogens is 961 g/mol. The third-order valence-electron chi connectivity index (χ3n) is 16.2. The van der Waals surface area contributed by atoms with E-state index in [4.69, 9.17) is 14.2 Å². The molecule has 460 valence electrons. The monoisotopic (exact) mass is 1100 g/mol. The summed E-state index contributed by atoms with van der Waals surface area (Å²) in [5, 5.41) is 0. The largest absolute Gasteiger partial charge is 0.462 e. The molecule has 1 unspecified atom stereocenters. The number of rotatable bonds is 66. The van der Waals surface area contributed by atoms with Gasteiger partial charge in [0.1, 0.15) is 13.2 Å². The zero-order valence-electron chi connectivity index (χ0n) is 53.0. The number of esters is 3. The van der Waals surface area contributed by atoms with E-state index in [0.29, 0.717) is 19.3 Å². The normalized spacial score (nSPS) is 12.1. The summed E-state index contributed by atoms with van der Waals surface area (Å²) >= 11 is 0. The molecule has 0 heterocycles. The molecule has 6 heteroatoms. The fourth-order valence-corrected chi connectivity index (χ4v) is 10.8. The lowest BCUT2D eigenvalue weighted by Crippen LogP contribution is -2.30. The summed E-state index contributed by atoms with van der Waals surface area (Å²) in [7, 11) is 0. The molecule has 0 aromatic rings. The molecule has 0 aliphatic carbocycles. The number of unbranched alkanes of at least 4 members (excludes halogenated alkanes) is 51. The van der Waals surface area contributed by atoms with Crippen LogP contribution in [0, 0.1) is 0 Å². The molecule has 1 atom stereocenters. The third kappa shape index (κ3) is 64.7. The van der Waals surface area contributed by atoms with Gasteiger partial charge in [-0.2, -0.15) is 0 Å². The molecule has 6 nitrogen and oxygen atoms in total. The number of hydrogen-bond donors (Lipinski definition) is 0. The van der Waals surface area contributed by atoms with Gasteiger partial charge >= 0.3 is 17.9 Å². The van der Waals surface area contributed by atoms with Gasteiger partial charge in [0, 0.05) is 19.3 Å². The van der Waals surface area contributed by atoms with Crippen LogP contribution in [0.5, 0.6) is 0 Å². The highest BCUT2D eigenvalue weighted by atomic mass is 16.6. The SMILES string of the molecule is CCCCCCCC/C=C\CCCCCCCCCCCC(=O)OCC(COC(=O)CCCCCCCCCCCCCCCCCCCCCCCC)OC(=O)CCCCCCCCCCC/C=C\CCCCCCCC. The van der Waals surface area contributed by atoms with E-state index in [1.807, 2.05) is 0 Å².